The molecule has 0 atom stereocenters. The fourth-order valence-corrected chi connectivity index (χ4v) is 2.33. The summed E-state index contributed by atoms with van der Waals surface area (Å²) >= 11 is 0. The van der Waals surface area contributed by atoms with E-state index in [1.807, 2.05) is 38.1 Å². The Morgan fingerprint density at radius 3 is 2.65 bits per heavy atom. The van der Waals surface area contributed by atoms with Crippen molar-refractivity contribution in [2.75, 3.05) is 20.2 Å². The summed E-state index contributed by atoms with van der Waals surface area (Å²) in [7, 11) is 1.66. The first-order chi connectivity index (χ1) is 9.41. The molecule has 0 unspecified atom stereocenters. The molecule has 1 aromatic carbocycles. The van der Waals surface area contributed by atoms with Crippen molar-refractivity contribution in [2.24, 2.45) is 0 Å². The Hall–Kier alpha value is -1.52. The van der Waals surface area contributed by atoms with Gasteiger partial charge in [0.1, 0.15) is 17.1 Å². The largest absolute Gasteiger partial charge is 0.497 e. The van der Waals surface area contributed by atoms with E-state index in [9.17, 15) is 5.11 Å². The second-order valence-electron chi connectivity index (χ2n) is 5.73. The molecule has 2 rings (SSSR count). The Bertz CT molecular complexity index is 569. The molecule has 1 N–H and O–H groups in total. The SMILES string of the molecule is CCN(Cc1cc2cc(OC)ccc2o1)CC(C)(C)O. The van der Waals surface area contributed by atoms with Gasteiger partial charge < -0.3 is 14.3 Å². The summed E-state index contributed by atoms with van der Waals surface area (Å²) in [5.41, 5.74) is 0.158. The number of fused-ring (bicyclic) bond motifs is 1. The van der Waals surface area contributed by atoms with Crippen LogP contribution in [0.3, 0.4) is 0 Å². The molecule has 0 aliphatic heterocycles. The van der Waals surface area contributed by atoms with Gasteiger partial charge in [0.2, 0.25) is 0 Å². The molecule has 110 valence electrons. The minimum absolute atomic E-state index is 0.615. The van der Waals surface area contributed by atoms with E-state index in [0.717, 1.165) is 29.0 Å². The second kappa shape index (κ2) is 5.85. The van der Waals surface area contributed by atoms with Crippen LogP contribution in [0.25, 0.3) is 11.0 Å². The Balaban J connectivity index is 2.16. The lowest BCUT2D eigenvalue weighted by Gasteiger charge is -2.27. The van der Waals surface area contributed by atoms with E-state index in [1.54, 1.807) is 7.11 Å². The van der Waals surface area contributed by atoms with Gasteiger partial charge in [-0.1, -0.05) is 6.92 Å². The Morgan fingerprint density at radius 1 is 1.30 bits per heavy atom. The van der Waals surface area contributed by atoms with Crippen LogP contribution < -0.4 is 4.74 Å². The van der Waals surface area contributed by atoms with Crippen LogP contribution in [0.15, 0.2) is 28.7 Å². The monoisotopic (exact) mass is 277 g/mol. The number of hydrogen-bond donors (Lipinski definition) is 1. The Morgan fingerprint density at radius 2 is 2.05 bits per heavy atom. The van der Waals surface area contributed by atoms with Gasteiger partial charge in [-0.25, -0.2) is 0 Å². The summed E-state index contributed by atoms with van der Waals surface area (Å²) in [6, 6.07) is 7.81. The summed E-state index contributed by atoms with van der Waals surface area (Å²) in [6.07, 6.45) is 0. The highest BCUT2D eigenvalue weighted by Gasteiger charge is 2.18. The lowest BCUT2D eigenvalue weighted by atomic mass is 10.1. The lowest BCUT2D eigenvalue weighted by molar-refractivity contribution is 0.0335. The Labute approximate surface area is 119 Å². The molecule has 2 aromatic rings. The summed E-state index contributed by atoms with van der Waals surface area (Å²) in [4.78, 5) is 2.16. The third kappa shape index (κ3) is 3.74. The number of ether oxygens (including phenoxy) is 1. The average Bonchev–Trinajstić information content (AvgIpc) is 2.77. The van der Waals surface area contributed by atoms with Crippen molar-refractivity contribution in [1.29, 1.82) is 0 Å². The number of furan rings is 1. The molecule has 0 saturated heterocycles. The highest BCUT2D eigenvalue weighted by Crippen LogP contribution is 2.25. The highest BCUT2D eigenvalue weighted by atomic mass is 16.5. The number of likely N-dealkylation sites (N-methyl/N-ethyl adjacent to an activating group) is 1. The van der Waals surface area contributed by atoms with Crippen LogP contribution >= 0.6 is 0 Å². The van der Waals surface area contributed by atoms with E-state index < -0.39 is 5.60 Å². The summed E-state index contributed by atoms with van der Waals surface area (Å²) in [5.74, 6) is 1.73. The molecule has 4 nitrogen and oxygen atoms in total. The molecule has 0 aliphatic carbocycles. The van der Waals surface area contributed by atoms with Crippen LogP contribution in [-0.2, 0) is 6.54 Å². The van der Waals surface area contributed by atoms with Crippen LogP contribution in [0, 0.1) is 0 Å². The maximum Gasteiger partial charge on any atom is 0.134 e. The number of rotatable bonds is 6. The van der Waals surface area contributed by atoms with Gasteiger partial charge in [0.15, 0.2) is 0 Å². The summed E-state index contributed by atoms with van der Waals surface area (Å²) < 4.78 is 11.1. The number of hydrogen-bond acceptors (Lipinski definition) is 4. The zero-order chi connectivity index (χ0) is 14.8. The van der Waals surface area contributed by atoms with Crippen molar-refractivity contribution in [3.8, 4) is 5.75 Å². The minimum atomic E-state index is -0.703. The third-order valence-electron chi connectivity index (χ3n) is 3.21. The maximum atomic E-state index is 9.92. The predicted molar refractivity (Wildman–Crippen MR) is 80.0 cm³/mol. The lowest BCUT2D eigenvalue weighted by Crippen LogP contribution is -2.38. The number of methoxy groups -OCH3 is 1. The van der Waals surface area contributed by atoms with Crippen molar-refractivity contribution < 1.29 is 14.3 Å². The molecule has 20 heavy (non-hydrogen) atoms. The molecule has 0 spiro atoms. The van der Waals surface area contributed by atoms with E-state index >= 15 is 0 Å². The fraction of sp³-hybridized carbons (Fsp3) is 0.500. The molecular weight excluding hydrogens is 254 g/mol. The van der Waals surface area contributed by atoms with Crippen molar-refractivity contribution in [1.82, 2.24) is 4.90 Å². The summed E-state index contributed by atoms with van der Waals surface area (Å²) in [6.45, 7) is 7.89. The number of nitrogens with zero attached hydrogens (tertiary/aromatic N) is 1. The van der Waals surface area contributed by atoms with E-state index in [-0.39, 0.29) is 0 Å². The molecule has 0 aliphatic rings. The first-order valence-corrected chi connectivity index (χ1v) is 6.92. The van der Waals surface area contributed by atoms with Gasteiger partial charge in [0.05, 0.1) is 19.3 Å². The van der Waals surface area contributed by atoms with Gasteiger partial charge >= 0.3 is 0 Å². The zero-order valence-electron chi connectivity index (χ0n) is 12.6. The molecule has 0 radical (unpaired) electrons. The summed E-state index contributed by atoms with van der Waals surface area (Å²) in [5, 5.41) is 11.0. The van der Waals surface area contributed by atoms with Crippen molar-refractivity contribution in [3.63, 3.8) is 0 Å². The van der Waals surface area contributed by atoms with Crippen molar-refractivity contribution in [2.45, 2.75) is 32.9 Å². The number of benzene rings is 1. The average molecular weight is 277 g/mol. The normalized spacial score (nSPS) is 12.3. The van der Waals surface area contributed by atoms with Gasteiger partial charge in [-0.3, -0.25) is 4.90 Å². The van der Waals surface area contributed by atoms with Crippen LogP contribution in [0.1, 0.15) is 26.5 Å². The fourth-order valence-electron chi connectivity index (χ4n) is 2.33. The third-order valence-corrected chi connectivity index (χ3v) is 3.21. The van der Waals surface area contributed by atoms with Gasteiger partial charge in [-0.15, -0.1) is 0 Å². The molecule has 0 bridgehead atoms. The molecular formula is C16H23NO3. The first kappa shape index (κ1) is 14.9. The van der Waals surface area contributed by atoms with Crippen LogP contribution in [-0.4, -0.2) is 35.8 Å². The molecule has 1 aromatic heterocycles. The smallest absolute Gasteiger partial charge is 0.134 e. The molecule has 0 amide bonds. The standard InChI is InChI=1S/C16H23NO3/c1-5-17(11-16(2,3)18)10-14-9-12-8-13(19-4)6-7-15(12)20-14/h6-9,18H,5,10-11H2,1-4H3. The Kier molecular flexibility index (Phi) is 4.35. The topological polar surface area (TPSA) is 45.8 Å². The van der Waals surface area contributed by atoms with E-state index in [2.05, 4.69) is 11.8 Å². The highest BCUT2D eigenvalue weighted by molar-refractivity contribution is 5.79. The molecule has 4 heteroatoms. The van der Waals surface area contributed by atoms with Crippen LogP contribution in [0.4, 0.5) is 0 Å². The molecule has 1 heterocycles. The number of aliphatic hydroxyl groups is 1. The van der Waals surface area contributed by atoms with E-state index in [4.69, 9.17) is 9.15 Å². The van der Waals surface area contributed by atoms with Crippen molar-refractivity contribution in [3.05, 3.63) is 30.0 Å². The van der Waals surface area contributed by atoms with Gasteiger partial charge in [0, 0.05) is 11.9 Å². The first-order valence-electron chi connectivity index (χ1n) is 6.92. The quantitative estimate of drug-likeness (QED) is 0.881. The van der Waals surface area contributed by atoms with E-state index in [0.29, 0.717) is 13.1 Å². The van der Waals surface area contributed by atoms with Crippen molar-refractivity contribution >= 4 is 11.0 Å². The van der Waals surface area contributed by atoms with E-state index in [1.165, 1.54) is 0 Å². The maximum absolute atomic E-state index is 9.92. The molecule has 0 saturated carbocycles. The minimum Gasteiger partial charge on any atom is -0.497 e. The molecule has 0 fully saturated rings. The van der Waals surface area contributed by atoms with Crippen LogP contribution in [0.5, 0.6) is 5.75 Å². The zero-order valence-corrected chi connectivity index (χ0v) is 12.6. The van der Waals surface area contributed by atoms with Gasteiger partial charge in [0.25, 0.3) is 0 Å². The van der Waals surface area contributed by atoms with Gasteiger partial charge in [-0.05, 0) is 44.7 Å². The van der Waals surface area contributed by atoms with Gasteiger partial charge in [-0.2, -0.15) is 0 Å². The predicted octanol–water partition coefficient (Wildman–Crippen LogP) is 3.03. The van der Waals surface area contributed by atoms with Crippen LogP contribution in [0.2, 0.25) is 0 Å². The second-order valence-corrected chi connectivity index (χ2v) is 5.73.